The molecule has 0 aliphatic heterocycles. The van der Waals surface area contributed by atoms with Crippen molar-refractivity contribution in [1.29, 1.82) is 0 Å². The van der Waals surface area contributed by atoms with E-state index in [1.807, 2.05) is 32.9 Å². The molecule has 4 heteroatoms. The predicted octanol–water partition coefficient (Wildman–Crippen LogP) is 2.85. The van der Waals surface area contributed by atoms with Crippen LogP contribution in [0.5, 0.6) is 0 Å². The van der Waals surface area contributed by atoms with E-state index in [9.17, 15) is 9.59 Å². The summed E-state index contributed by atoms with van der Waals surface area (Å²) in [6, 6.07) is 2.90. The SMILES string of the molecule is Cc1cc(C)c(C(=O)CC(N)C(=O)OC(C)(C)C)cc1C. The number of carbonyl (C=O) groups excluding carboxylic acids is 2. The Kier molecular flexibility index (Phi) is 5.29. The topological polar surface area (TPSA) is 69.4 Å². The normalized spacial score (nSPS) is 12.9. The van der Waals surface area contributed by atoms with E-state index in [4.69, 9.17) is 10.5 Å². The van der Waals surface area contributed by atoms with E-state index in [0.29, 0.717) is 5.56 Å². The molecular weight excluding hydrogens is 266 g/mol. The van der Waals surface area contributed by atoms with E-state index >= 15 is 0 Å². The van der Waals surface area contributed by atoms with Crippen molar-refractivity contribution in [2.24, 2.45) is 5.73 Å². The molecule has 0 heterocycles. The number of ketones is 1. The van der Waals surface area contributed by atoms with Crippen LogP contribution in [0, 0.1) is 20.8 Å². The first kappa shape index (κ1) is 17.4. The number of hydrogen-bond acceptors (Lipinski definition) is 4. The third kappa shape index (κ3) is 4.97. The van der Waals surface area contributed by atoms with Gasteiger partial charge in [-0.2, -0.15) is 0 Å². The minimum absolute atomic E-state index is 0.0434. The molecule has 1 atom stereocenters. The van der Waals surface area contributed by atoms with Crippen LogP contribution in [0.4, 0.5) is 0 Å². The summed E-state index contributed by atoms with van der Waals surface area (Å²) in [5.74, 6) is -0.675. The standard InChI is InChI=1S/C17H25NO3/c1-10-7-12(3)13(8-11(10)2)15(19)9-14(18)16(20)21-17(4,5)6/h7-8,14H,9,18H2,1-6H3. The number of ether oxygens (including phenoxy) is 1. The lowest BCUT2D eigenvalue weighted by Crippen LogP contribution is -2.38. The zero-order valence-corrected chi connectivity index (χ0v) is 13.7. The lowest BCUT2D eigenvalue weighted by atomic mass is 9.95. The van der Waals surface area contributed by atoms with Crippen LogP contribution in [0.15, 0.2) is 12.1 Å². The molecule has 2 N–H and O–H groups in total. The summed E-state index contributed by atoms with van der Waals surface area (Å²) in [5, 5.41) is 0. The van der Waals surface area contributed by atoms with Crippen molar-refractivity contribution in [3.05, 3.63) is 34.4 Å². The van der Waals surface area contributed by atoms with Gasteiger partial charge in [-0.15, -0.1) is 0 Å². The fourth-order valence-corrected chi connectivity index (χ4v) is 2.03. The maximum atomic E-state index is 12.3. The van der Waals surface area contributed by atoms with Gasteiger partial charge in [-0.25, -0.2) is 0 Å². The fourth-order valence-electron chi connectivity index (χ4n) is 2.03. The molecule has 0 aliphatic carbocycles. The van der Waals surface area contributed by atoms with Gasteiger partial charge in [0.25, 0.3) is 0 Å². The van der Waals surface area contributed by atoms with E-state index in [1.54, 1.807) is 20.8 Å². The van der Waals surface area contributed by atoms with Crippen LogP contribution in [0.1, 0.15) is 54.2 Å². The number of benzene rings is 1. The van der Waals surface area contributed by atoms with Crippen LogP contribution in [0.2, 0.25) is 0 Å². The Morgan fingerprint density at radius 2 is 1.62 bits per heavy atom. The van der Waals surface area contributed by atoms with Crippen molar-refractivity contribution in [3.63, 3.8) is 0 Å². The third-order valence-corrected chi connectivity index (χ3v) is 3.26. The highest BCUT2D eigenvalue weighted by Gasteiger charge is 2.25. The minimum atomic E-state index is -0.933. The molecule has 1 rings (SSSR count). The van der Waals surface area contributed by atoms with Crippen LogP contribution in [0.25, 0.3) is 0 Å². The third-order valence-electron chi connectivity index (χ3n) is 3.26. The summed E-state index contributed by atoms with van der Waals surface area (Å²) in [6.07, 6.45) is -0.0434. The van der Waals surface area contributed by atoms with Crippen molar-refractivity contribution in [3.8, 4) is 0 Å². The lowest BCUT2D eigenvalue weighted by Gasteiger charge is -2.22. The van der Waals surface area contributed by atoms with Gasteiger partial charge in [-0.3, -0.25) is 9.59 Å². The van der Waals surface area contributed by atoms with Gasteiger partial charge in [0.05, 0.1) is 0 Å². The number of esters is 1. The lowest BCUT2D eigenvalue weighted by molar-refractivity contribution is -0.156. The Balaban J connectivity index is 2.82. The molecule has 4 nitrogen and oxygen atoms in total. The van der Waals surface area contributed by atoms with Gasteiger partial charge in [-0.05, 0) is 64.3 Å². The van der Waals surface area contributed by atoms with Crippen LogP contribution >= 0.6 is 0 Å². The van der Waals surface area contributed by atoms with Gasteiger partial charge in [0, 0.05) is 12.0 Å². The molecule has 0 radical (unpaired) electrons. The zero-order chi connectivity index (χ0) is 16.4. The first-order valence-electron chi connectivity index (χ1n) is 7.11. The molecule has 1 aromatic rings. The highest BCUT2D eigenvalue weighted by Crippen LogP contribution is 2.18. The van der Waals surface area contributed by atoms with E-state index in [2.05, 4.69) is 0 Å². The molecule has 0 saturated carbocycles. The molecule has 21 heavy (non-hydrogen) atoms. The van der Waals surface area contributed by atoms with E-state index < -0.39 is 17.6 Å². The fraction of sp³-hybridized carbons (Fsp3) is 0.529. The molecule has 0 saturated heterocycles. The Labute approximate surface area is 126 Å². The molecule has 0 amide bonds. The second-order valence-corrected chi connectivity index (χ2v) is 6.52. The molecular formula is C17H25NO3. The average Bonchev–Trinajstić information content (AvgIpc) is 2.31. The molecule has 0 aliphatic rings. The average molecular weight is 291 g/mol. The second-order valence-electron chi connectivity index (χ2n) is 6.52. The van der Waals surface area contributed by atoms with E-state index in [0.717, 1.165) is 16.7 Å². The van der Waals surface area contributed by atoms with Crippen LogP contribution in [-0.2, 0) is 9.53 Å². The Morgan fingerprint density at radius 3 is 2.14 bits per heavy atom. The molecule has 0 fully saturated rings. The predicted molar refractivity (Wildman–Crippen MR) is 83.4 cm³/mol. The maximum Gasteiger partial charge on any atom is 0.323 e. The second kappa shape index (κ2) is 6.39. The summed E-state index contributed by atoms with van der Waals surface area (Å²) in [7, 11) is 0. The Morgan fingerprint density at radius 1 is 1.10 bits per heavy atom. The quantitative estimate of drug-likeness (QED) is 0.684. The van der Waals surface area contributed by atoms with Crippen molar-refractivity contribution >= 4 is 11.8 Å². The van der Waals surface area contributed by atoms with Crippen LogP contribution in [-0.4, -0.2) is 23.4 Å². The van der Waals surface area contributed by atoms with Gasteiger partial charge in [-0.1, -0.05) is 6.07 Å². The largest absolute Gasteiger partial charge is 0.459 e. The number of hydrogen-bond donors (Lipinski definition) is 1. The summed E-state index contributed by atoms with van der Waals surface area (Å²) < 4.78 is 5.19. The van der Waals surface area contributed by atoms with Gasteiger partial charge in [0.2, 0.25) is 0 Å². The van der Waals surface area contributed by atoms with Crippen molar-refractivity contribution < 1.29 is 14.3 Å². The summed E-state index contributed by atoms with van der Waals surface area (Å²) in [6.45, 7) is 11.2. The van der Waals surface area contributed by atoms with Gasteiger partial charge < -0.3 is 10.5 Å². The Hall–Kier alpha value is -1.68. The van der Waals surface area contributed by atoms with Crippen LogP contribution in [0.3, 0.4) is 0 Å². The monoisotopic (exact) mass is 291 g/mol. The highest BCUT2D eigenvalue weighted by molar-refractivity contribution is 6.00. The van der Waals surface area contributed by atoms with Gasteiger partial charge in [0.15, 0.2) is 5.78 Å². The number of Topliss-reactive ketones (excluding diaryl/α,β-unsaturated/α-hetero) is 1. The summed E-state index contributed by atoms with van der Waals surface area (Å²) in [5.41, 5.74) is 8.90. The molecule has 0 aromatic heterocycles. The first-order chi connectivity index (χ1) is 9.51. The minimum Gasteiger partial charge on any atom is -0.459 e. The number of aryl methyl sites for hydroxylation is 3. The number of rotatable bonds is 4. The van der Waals surface area contributed by atoms with E-state index in [1.165, 1.54) is 0 Å². The van der Waals surface area contributed by atoms with Crippen molar-refractivity contribution in [2.75, 3.05) is 0 Å². The molecule has 116 valence electrons. The first-order valence-corrected chi connectivity index (χ1v) is 7.11. The number of carbonyl (C=O) groups is 2. The molecule has 1 aromatic carbocycles. The smallest absolute Gasteiger partial charge is 0.323 e. The van der Waals surface area contributed by atoms with Gasteiger partial charge >= 0.3 is 5.97 Å². The molecule has 1 unspecified atom stereocenters. The maximum absolute atomic E-state index is 12.3. The summed E-state index contributed by atoms with van der Waals surface area (Å²) in [4.78, 5) is 24.2. The summed E-state index contributed by atoms with van der Waals surface area (Å²) >= 11 is 0. The van der Waals surface area contributed by atoms with E-state index in [-0.39, 0.29) is 12.2 Å². The van der Waals surface area contributed by atoms with Gasteiger partial charge in [0.1, 0.15) is 11.6 Å². The van der Waals surface area contributed by atoms with Crippen molar-refractivity contribution in [1.82, 2.24) is 0 Å². The Bertz CT molecular complexity index is 556. The zero-order valence-electron chi connectivity index (χ0n) is 13.7. The van der Waals surface area contributed by atoms with Crippen molar-refractivity contribution in [2.45, 2.75) is 59.6 Å². The van der Waals surface area contributed by atoms with Crippen LogP contribution < -0.4 is 5.73 Å². The molecule has 0 bridgehead atoms. The number of nitrogens with two attached hydrogens (primary N) is 1. The highest BCUT2D eigenvalue weighted by atomic mass is 16.6. The molecule has 0 spiro atoms.